The molecule has 1 rings (SSSR count). The van der Waals surface area contributed by atoms with Gasteiger partial charge in [0.2, 0.25) is 5.91 Å². The number of hydrogen-bond donors (Lipinski definition) is 3. The molecule has 88 valence electrons. The van der Waals surface area contributed by atoms with Crippen LogP contribution in [0.3, 0.4) is 0 Å². The molecule has 0 aliphatic heterocycles. The first-order valence-electron chi connectivity index (χ1n) is 5.42. The predicted octanol–water partition coefficient (Wildman–Crippen LogP) is 1.31. The smallest absolute Gasteiger partial charge is 0.220 e. The summed E-state index contributed by atoms with van der Waals surface area (Å²) in [6.07, 6.45) is 1.14. The van der Waals surface area contributed by atoms with Crippen LogP contribution in [0.15, 0.2) is 24.3 Å². The molecule has 1 unspecified atom stereocenters. The Morgan fingerprint density at radius 3 is 2.94 bits per heavy atom. The third-order valence-electron chi connectivity index (χ3n) is 2.36. The standard InChI is InChI=1S/C12H18N2O2/c1-9(14-12(16)6-3-7-13)10-4-2-5-11(15)8-10/h2,4-5,8-9,15H,3,6-7,13H2,1H3,(H,14,16). The molecule has 1 aromatic rings. The molecule has 1 amide bonds. The minimum atomic E-state index is -0.0997. The normalized spacial score (nSPS) is 12.1. The van der Waals surface area contributed by atoms with Crippen LogP contribution in [-0.2, 0) is 4.79 Å². The Balaban J connectivity index is 2.52. The molecule has 1 atom stereocenters. The van der Waals surface area contributed by atoms with E-state index in [2.05, 4.69) is 5.32 Å². The summed E-state index contributed by atoms with van der Waals surface area (Å²) in [5.41, 5.74) is 6.22. The summed E-state index contributed by atoms with van der Waals surface area (Å²) in [6.45, 7) is 2.41. The highest BCUT2D eigenvalue weighted by Crippen LogP contribution is 2.17. The highest BCUT2D eigenvalue weighted by Gasteiger charge is 2.09. The van der Waals surface area contributed by atoms with Gasteiger partial charge in [-0.25, -0.2) is 0 Å². The molecule has 0 aliphatic rings. The Bertz CT molecular complexity index is 353. The van der Waals surface area contributed by atoms with Crippen molar-refractivity contribution < 1.29 is 9.90 Å². The fourth-order valence-corrected chi connectivity index (χ4v) is 1.45. The molecule has 0 fully saturated rings. The van der Waals surface area contributed by atoms with E-state index in [1.165, 1.54) is 0 Å². The third kappa shape index (κ3) is 3.90. The predicted molar refractivity (Wildman–Crippen MR) is 63.0 cm³/mol. The van der Waals surface area contributed by atoms with Gasteiger partial charge in [0.25, 0.3) is 0 Å². The zero-order chi connectivity index (χ0) is 12.0. The fourth-order valence-electron chi connectivity index (χ4n) is 1.45. The van der Waals surface area contributed by atoms with Crippen molar-refractivity contribution in [2.75, 3.05) is 6.54 Å². The van der Waals surface area contributed by atoms with Crippen molar-refractivity contribution in [3.63, 3.8) is 0 Å². The van der Waals surface area contributed by atoms with E-state index < -0.39 is 0 Å². The van der Waals surface area contributed by atoms with Crippen LogP contribution in [0.2, 0.25) is 0 Å². The van der Waals surface area contributed by atoms with Gasteiger partial charge in [0.15, 0.2) is 0 Å². The first-order valence-corrected chi connectivity index (χ1v) is 5.42. The van der Waals surface area contributed by atoms with Crippen LogP contribution in [0.5, 0.6) is 5.75 Å². The van der Waals surface area contributed by atoms with Crippen molar-refractivity contribution in [1.82, 2.24) is 5.32 Å². The van der Waals surface area contributed by atoms with E-state index in [0.717, 1.165) is 5.56 Å². The Morgan fingerprint density at radius 1 is 1.56 bits per heavy atom. The van der Waals surface area contributed by atoms with Gasteiger partial charge in [-0.15, -0.1) is 0 Å². The van der Waals surface area contributed by atoms with E-state index >= 15 is 0 Å². The molecular formula is C12H18N2O2. The maximum absolute atomic E-state index is 11.4. The summed E-state index contributed by atoms with van der Waals surface area (Å²) in [5.74, 6) is 0.196. The lowest BCUT2D eigenvalue weighted by molar-refractivity contribution is -0.121. The van der Waals surface area contributed by atoms with Gasteiger partial charge >= 0.3 is 0 Å². The second-order valence-corrected chi connectivity index (χ2v) is 3.78. The topological polar surface area (TPSA) is 75.4 Å². The minimum absolute atomic E-state index is 0.0127. The van der Waals surface area contributed by atoms with E-state index in [4.69, 9.17) is 5.73 Å². The van der Waals surface area contributed by atoms with Gasteiger partial charge in [-0.2, -0.15) is 0 Å². The molecule has 0 spiro atoms. The van der Waals surface area contributed by atoms with Gasteiger partial charge < -0.3 is 16.2 Å². The quantitative estimate of drug-likeness (QED) is 0.703. The molecule has 0 aliphatic carbocycles. The first kappa shape index (κ1) is 12.5. The Labute approximate surface area is 95.5 Å². The summed E-state index contributed by atoms with van der Waals surface area (Å²) >= 11 is 0. The average molecular weight is 222 g/mol. The van der Waals surface area contributed by atoms with Crippen molar-refractivity contribution >= 4 is 5.91 Å². The number of nitrogens with two attached hydrogens (primary N) is 1. The van der Waals surface area contributed by atoms with Crippen molar-refractivity contribution in [3.8, 4) is 5.75 Å². The van der Waals surface area contributed by atoms with Crippen LogP contribution in [0.1, 0.15) is 31.4 Å². The van der Waals surface area contributed by atoms with Crippen LogP contribution in [0, 0.1) is 0 Å². The third-order valence-corrected chi connectivity index (χ3v) is 2.36. The van der Waals surface area contributed by atoms with Gasteiger partial charge in [-0.3, -0.25) is 4.79 Å². The number of rotatable bonds is 5. The van der Waals surface area contributed by atoms with Crippen LogP contribution in [0.25, 0.3) is 0 Å². The molecule has 4 nitrogen and oxygen atoms in total. The van der Waals surface area contributed by atoms with Gasteiger partial charge in [-0.1, -0.05) is 12.1 Å². The van der Waals surface area contributed by atoms with E-state index in [1.807, 2.05) is 13.0 Å². The van der Waals surface area contributed by atoms with Gasteiger partial charge in [0.05, 0.1) is 6.04 Å². The second-order valence-electron chi connectivity index (χ2n) is 3.78. The molecule has 0 saturated carbocycles. The number of hydrogen-bond acceptors (Lipinski definition) is 3. The Morgan fingerprint density at radius 2 is 2.31 bits per heavy atom. The van der Waals surface area contributed by atoms with E-state index in [1.54, 1.807) is 18.2 Å². The van der Waals surface area contributed by atoms with Crippen molar-refractivity contribution in [1.29, 1.82) is 0 Å². The number of carbonyl (C=O) groups is 1. The van der Waals surface area contributed by atoms with Crippen molar-refractivity contribution in [3.05, 3.63) is 29.8 Å². The van der Waals surface area contributed by atoms with Crippen LogP contribution in [0.4, 0.5) is 0 Å². The van der Waals surface area contributed by atoms with Crippen molar-refractivity contribution in [2.24, 2.45) is 5.73 Å². The number of carbonyl (C=O) groups excluding carboxylic acids is 1. The number of amides is 1. The molecule has 0 radical (unpaired) electrons. The molecule has 0 heterocycles. The zero-order valence-electron chi connectivity index (χ0n) is 9.44. The lowest BCUT2D eigenvalue weighted by atomic mass is 10.1. The summed E-state index contributed by atoms with van der Waals surface area (Å²) in [6, 6.07) is 6.78. The van der Waals surface area contributed by atoms with Crippen LogP contribution < -0.4 is 11.1 Å². The molecule has 16 heavy (non-hydrogen) atoms. The summed E-state index contributed by atoms with van der Waals surface area (Å²) in [5, 5.41) is 12.2. The molecular weight excluding hydrogens is 204 g/mol. The van der Waals surface area contributed by atoms with Crippen molar-refractivity contribution in [2.45, 2.75) is 25.8 Å². The molecule has 1 aromatic carbocycles. The van der Waals surface area contributed by atoms with Crippen LogP contribution in [-0.4, -0.2) is 17.6 Å². The Kier molecular flexibility index (Phi) is 4.79. The number of nitrogens with one attached hydrogen (secondary N) is 1. The maximum atomic E-state index is 11.4. The van der Waals surface area contributed by atoms with Gasteiger partial charge in [0.1, 0.15) is 5.75 Å². The van der Waals surface area contributed by atoms with Gasteiger partial charge in [-0.05, 0) is 37.6 Å². The molecule has 4 N–H and O–H groups in total. The summed E-state index contributed by atoms with van der Waals surface area (Å²) in [4.78, 5) is 11.4. The minimum Gasteiger partial charge on any atom is -0.508 e. The van der Waals surface area contributed by atoms with E-state index in [-0.39, 0.29) is 17.7 Å². The number of phenolic OH excluding ortho intramolecular Hbond substituents is 1. The molecule has 0 bridgehead atoms. The van der Waals surface area contributed by atoms with E-state index in [9.17, 15) is 9.90 Å². The average Bonchev–Trinajstić information content (AvgIpc) is 2.26. The van der Waals surface area contributed by atoms with Crippen LogP contribution >= 0.6 is 0 Å². The van der Waals surface area contributed by atoms with Gasteiger partial charge in [0, 0.05) is 6.42 Å². The number of benzene rings is 1. The lowest BCUT2D eigenvalue weighted by Gasteiger charge is -2.14. The monoisotopic (exact) mass is 222 g/mol. The molecule has 4 heteroatoms. The highest BCUT2D eigenvalue weighted by atomic mass is 16.3. The van der Waals surface area contributed by atoms with E-state index in [0.29, 0.717) is 19.4 Å². The number of phenols is 1. The zero-order valence-corrected chi connectivity index (χ0v) is 9.44. The number of aromatic hydroxyl groups is 1. The lowest BCUT2D eigenvalue weighted by Crippen LogP contribution is -2.26. The maximum Gasteiger partial charge on any atom is 0.220 e. The highest BCUT2D eigenvalue weighted by molar-refractivity contribution is 5.76. The second kappa shape index (κ2) is 6.12. The Hall–Kier alpha value is -1.55. The molecule has 0 aromatic heterocycles. The molecule has 0 saturated heterocycles. The fraction of sp³-hybridized carbons (Fsp3) is 0.417. The first-order chi connectivity index (χ1) is 7.63. The largest absolute Gasteiger partial charge is 0.508 e. The summed E-state index contributed by atoms with van der Waals surface area (Å²) < 4.78 is 0. The summed E-state index contributed by atoms with van der Waals surface area (Å²) in [7, 11) is 0. The SMILES string of the molecule is CC(NC(=O)CCCN)c1cccc(O)c1.